The highest BCUT2D eigenvalue weighted by atomic mass is 35.5. The summed E-state index contributed by atoms with van der Waals surface area (Å²) < 4.78 is 12.8. The molecule has 0 unspecified atom stereocenters. The number of alkyl halides is 2. The Balaban J connectivity index is 2.43. The number of hydrogen-bond donors (Lipinski definition) is 0. The number of hydrogen-bond acceptors (Lipinski definition) is 2. The number of pyridine rings is 1. The average Bonchev–Trinajstić information content (AvgIpc) is 2.94. The number of aromatic nitrogens is 1. The Morgan fingerprint density at radius 1 is 1.71 bits per heavy atom. The van der Waals surface area contributed by atoms with Gasteiger partial charge in [0.1, 0.15) is 6.17 Å². The zero-order valence-electron chi connectivity index (χ0n) is 7.41. The zero-order valence-corrected chi connectivity index (χ0v) is 8.17. The smallest absolute Gasteiger partial charge is 0.152 e. The van der Waals surface area contributed by atoms with Crippen LogP contribution in [-0.4, -0.2) is 17.4 Å². The van der Waals surface area contributed by atoms with Crippen molar-refractivity contribution in [1.82, 2.24) is 4.98 Å². The average molecular weight is 214 g/mol. The second-order valence-electron chi connectivity index (χ2n) is 3.37. The highest BCUT2D eigenvalue weighted by Gasteiger charge is 2.40. The summed E-state index contributed by atoms with van der Waals surface area (Å²) >= 11 is 5.63. The number of rotatable bonds is 3. The molecular formula is C10H9ClFNO. The Hall–Kier alpha value is -0.960. The van der Waals surface area contributed by atoms with Gasteiger partial charge in [-0.2, -0.15) is 0 Å². The lowest BCUT2D eigenvalue weighted by Gasteiger charge is -2.05. The molecule has 0 bridgehead atoms. The van der Waals surface area contributed by atoms with Crippen LogP contribution >= 0.6 is 11.6 Å². The molecule has 0 aliphatic heterocycles. The molecule has 4 heteroatoms. The van der Waals surface area contributed by atoms with Crippen LogP contribution in [0.15, 0.2) is 12.3 Å². The van der Waals surface area contributed by atoms with Crippen molar-refractivity contribution in [2.75, 3.05) is 0 Å². The van der Waals surface area contributed by atoms with Crippen molar-refractivity contribution in [2.24, 2.45) is 0 Å². The van der Waals surface area contributed by atoms with Crippen molar-refractivity contribution in [1.29, 1.82) is 0 Å². The van der Waals surface area contributed by atoms with Crippen LogP contribution in [-0.2, 0) is 5.88 Å². The maximum atomic E-state index is 12.8. The minimum atomic E-state index is -0.806. The van der Waals surface area contributed by atoms with E-state index in [0.717, 1.165) is 5.56 Å². The van der Waals surface area contributed by atoms with Crippen molar-refractivity contribution < 1.29 is 9.18 Å². The summed E-state index contributed by atoms with van der Waals surface area (Å²) in [5, 5.41) is 0. The molecule has 0 saturated heterocycles. The standard InChI is InChI=1S/C10H9ClFNO/c11-4-10-8(5-14)6(1-2-13-10)7-3-9(7)12/h1-2,5,7,9H,3-4H2/t7-,9-/m1/s1. The normalized spacial score (nSPS) is 24.7. The van der Waals surface area contributed by atoms with E-state index in [4.69, 9.17) is 11.6 Å². The molecule has 0 spiro atoms. The van der Waals surface area contributed by atoms with Crippen molar-refractivity contribution in [3.8, 4) is 0 Å². The van der Waals surface area contributed by atoms with Crippen LogP contribution in [0.3, 0.4) is 0 Å². The largest absolute Gasteiger partial charge is 0.298 e. The van der Waals surface area contributed by atoms with E-state index in [1.165, 1.54) is 0 Å². The molecule has 0 radical (unpaired) electrons. The summed E-state index contributed by atoms with van der Waals surface area (Å²) in [7, 11) is 0. The quantitative estimate of drug-likeness (QED) is 0.570. The summed E-state index contributed by atoms with van der Waals surface area (Å²) in [6.07, 6.45) is 1.99. The molecule has 1 heterocycles. The molecule has 1 fully saturated rings. The first kappa shape index (κ1) is 9.59. The van der Waals surface area contributed by atoms with Crippen LogP contribution in [0.25, 0.3) is 0 Å². The molecule has 0 amide bonds. The Kier molecular flexibility index (Phi) is 2.50. The molecule has 2 nitrogen and oxygen atoms in total. The minimum absolute atomic E-state index is 0.125. The van der Waals surface area contributed by atoms with Crippen LogP contribution in [0.1, 0.15) is 34.0 Å². The van der Waals surface area contributed by atoms with Gasteiger partial charge in [-0.15, -0.1) is 11.6 Å². The highest BCUT2D eigenvalue weighted by molar-refractivity contribution is 6.17. The first-order valence-corrected chi connectivity index (χ1v) is 4.94. The SMILES string of the molecule is O=Cc1c([C@H]2C[C@H]2F)ccnc1CCl. The van der Waals surface area contributed by atoms with Crippen molar-refractivity contribution in [2.45, 2.75) is 24.4 Å². The lowest BCUT2D eigenvalue weighted by molar-refractivity contribution is 0.112. The second-order valence-corrected chi connectivity index (χ2v) is 3.64. The molecule has 0 aromatic carbocycles. The second kappa shape index (κ2) is 3.65. The first-order chi connectivity index (χ1) is 6.77. The summed E-state index contributed by atoms with van der Waals surface area (Å²) in [6, 6.07) is 1.70. The van der Waals surface area contributed by atoms with Crippen LogP contribution in [0.2, 0.25) is 0 Å². The maximum absolute atomic E-state index is 12.8. The summed E-state index contributed by atoms with van der Waals surface area (Å²) in [4.78, 5) is 14.8. The molecule has 14 heavy (non-hydrogen) atoms. The third kappa shape index (κ3) is 1.52. The van der Waals surface area contributed by atoms with E-state index >= 15 is 0 Å². The molecule has 2 atom stereocenters. The Morgan fingerprint density at radius 2 is 2.43 bits per heavy atom. The number of nitrogens with zero attached hydrogens (tertiary/aromatic N) is 1. The predicted molar refractivity (Wildman–Crippen MR) is 51.4 cm³/mol. The van der Waals surface area contributed by atoms with Gasteiger partial charge in [-0.05, 0) is 18.1 Å². The van der Waals surface area contributed by atoms with E-state index in [-0.39, 0.29) is 11.8 Å². The fraction of sp³-hybridized carbons (Fsp3) is 0.400. The van der Waals surface area contributed by atoms with Gasteiger partial charge in [0.2, 0.25) is 0 Å². The minimum Gasteiger partial charge on any atom is -0.298 e. The van der Waals surface area contributed by atoms with Gasteiger partial charge >= 0.3 is 0 Å². The highest BCUT2D eigenvalue weighted by Crippen LogP contribution is 2.44. The fourth-order valence-electron chi connectivity index (χ4n) is 1.59. The van der Waals surface area contributed by atoms with E-state index in [1.54, 1.807) is 12.3 Å². The number of carbonyl (C=O) groups is 1. The van der Waals surface area contributed by atoms with Crippen LogP contribution in [0.4, 0.5) is 4.39 Å². The lowest BCUT2D eigenvalue weighted by atomic mass is 10.0. The lowest BCUT2D eigenvalue weighted by Crippen LogP contribution is -2.00. The summed E-state index contributed by atoms with van der Waals surface area (Å²) in [6.45, 7) is 0. The van der Waals surface area contributed by atoms with Gasteiger partial charge in [-0.25, -0.2) is 4.39 Å². The van der Waals surface area contributed by atoms with Crippen molar-refractivity contribution >= 4 is 17.9 Å². The number of halogens is 2. The molecule has 2 rings (SSSR count). The monoisotopic (exact) mass is 213 g/mol. The van der Waals surface area contributed by atoms with E-state index in [2.05, 4.69) is 4.98 Å². The molecule has 0 N–H and O–H groups in total. The number of carbonyl (C=O) groups excluding carboxylic acids is 1. The van der Waals surface area contributed by atoms with Crippen LogP contribution < -0.4 is 0 Å². The van der Waals surface area contributed by atoms with E-state index in [1.807, 2.05) is 0 Å². The topological polar surface area (TPSA) is 30.0 Å². The fourth-order valence-corrected chi connectivity index (χ4v) is 1.80. The van der Waals surface area contributed by atoms with Crippen LogP contribution in [0, 0.1) is 0 Å². The van der Waals surface area contributed by atoms with Gasteiger partial charge in [0.15, 0.2) is 6.29 Å². The van der Waals surface area contributed by atoms with E-state index in [9.17, 15) is 9.18 Å². The third-order valence-corrected chi connectivity index (χ3v) is 2.72. The van der Waals surface area contributed by atoms with Crippen LogP contribution in [0.5, 0.6) is 0 Å². The van der Waals surface area contributed by atoms with Gasteiger partial charge in [0, 0.05) is 17.7 Å². The third-order valence-electron chi connectivity index (χ3n) is 2.46. The van der Waals surface area contributed by atoms with Gasteiger partial charge in [0.05, 0.1) is 11.6 Å². The van der Waals surface area contributed by atoms with Crippen molar-refractivity contribution in [3.63, 3.8) is 0 Å². The molecule has 1 aliphatic carbocycles. The Bertz CT molecular complexity index is 369. The predicted octanol–water partition coefficient (Wildman–Crippen LogP) is 2.46. The molecule has 74 valence electrons. The molecule has 1 aliphatic rings. The van der Waals surface area contributed by atoms with Gasteiger partial charge in [-0.3, -0.25) is 9.78 Å². The Morgan fingerprint density at radius 3 is 2.93 bits per heavy atom. The molecule has 1 aromatic heterocycles. The van der Waals surface area contributed by atoms with Crippen molar-refractivity contribution in [3.05, 3.63) is 29.1 Å². The van der Waals surface area contributed by atoms with Gasteiger partial charge < -0.3 is 0 Å². The first-order valence-electron chi connectivity index (χ1n) is 4.41. The maximum Gasteiger partial charge on any atom is 0.152 e. The summed E-state index contributed by atoms with van der Waals surface area (Å²) in [5.74, 6) is 0.0613. The Labute approximate surface area is 86.1 Å². The molecule has 1 saturated carbocycles. The van der Waals surface area contributed by atoms with E-state index in [0.29, 0.717) is 24.0 Å². The van der Waals surface area contributed by atoms with Gasteiger partial charge in [-0.1, -0.05) is 0 Å². The number of aldehydes is 1. The van der Waals surface area contributed by atoms with E-state index < -0.39 is 6.17 Å². The van der Waals surface area contributed by atoms with Gasteiger partial charge in [0.25, 0.3) is 0 Å². The molecule has 1 aromatic rings. The molecular weight excluding hydrogens is 205 g/mol. The zero-order chi connectivity index (χ0) is 10.1. The summed E-state index contributed by atoms with van der Waals surface area (Å²) in [5.41, 5.74) is 1.75.